The standard InChI is InChI=1S/C19H30N4O2/c1-4-22-10-12-23(13-11-22)19(2,3)15-21-18(25)8-7-17(24)16-6-5-9-20-14-16/h5-6,9,14H,4,7-8,10-13,15H2,1-3H3,(H,21,25). The van der Waals surface area contributed by atoms with E-state index in [-0.39, 0.29) is 30.1 Å². The lowest BCUT2D eigenvalue weighted by atomic mass is 10.0. The molecule has 0 unspecified atom stereocenters. The van der Waals surface area contributed by atoms with Gasteiger partial charge in [0.1, 0.15) is 0 Å². The first-order valence-corrected chi connectivity index (χ1v) is 9.09. The Kier molecular flexibility index (Phi) is 7.08. The van der Waals surface area contributed by atoms with Crippen LogP contribution in [-0.2, 0) is 4.79 Å². The number of Topliss-reactive ketones (excluding diaryl/α,β-unsaturated/α-hetero) is 1. The minimum Gasteiger partial charge on any atom is -0.354 e. The number of aromatic nitrogens is 1. The Morgan fingerprint density at radius 2 is 1.92 bits per heavy atom. The van der Waals surface area contributed by atoms with E-state index >= 15 is 0 Å². The van der Waals surface area contributed by atoms with E-state index < -0.39 is 0 Å². The molecule has 0 spiro atoms. The van der Waals surface area contributed by atoms with Crippen LogP contribution in [0.5, 0.6) is 0 Å². The summed E-state index contributed by atoms with van der Waals surface area (Å²) in [6.07, 6.45) is 3.60. The fourth-order valence-electron chi connectivity index (χ4n) is 3.08. The summed E-state index contributed by atoms with van der Waals surface area (Å²) in [4.78, 5) is 32.9. The molecule has 1 fully saturated rings. The molecule has 2 heterocycles. The maximum atomic E-state index is 12.1. The Morgan fingerprint density at radius 3 is 2.52 bits per heavy atom. The van der Waals surface area contributed by atoms with Crippen molar-refractivity contribution < 1.29 is 9.59 Å². The monoisotopic (exact) mass is 346 g/mol. The summed E-state index contributed by atoms with van der Waals surface area (Å²) in [7, 11) is 0. The zero-order valence-electron chi connectivity index (χ0n) is 15.6. The van der Waals surface area contributed by atoms with Crippen LogP contribution < -0.4 is 5.32 Å². The average Bonchev–Trinajstić information content (AvgIpc) is 2.65. The quantitative estimate of drug-likeness (QED) is 0.724. The zero-order valence-corrected chi connectivity index (χ0v) is 15.6. The minimum absolute atomic E-state index is 0.0433. The number of ketones is 1. The van der Waals surface area contributed by atoms with Crippen LogP contribution in [0.1, 0.15) is 44.0 Å². The summed E-state index contributed by atoms with van der Waals surface area (Å²) in [6.45, 7) is 12.4. The molecule has 1 aliphatic heterocycles. The molecule has 0 aromatic carbocycles. The number of carbonyl (C=O) groups is 2. The second-order valence-electron chi connectivity index (χ2n) is 7.18. The van der Waals surface area contributed by atoms with Crippen molar-refractivity contribution in [2.24, 2.45) is 0 Å². The van der Waals surface area contributed by atoms with Crippen molar-refractivity contribution in [3.8, 4) is 0 Å². The van der Waals surface area contributed by atoms with Crippen molar-refractivity contribution in [3.05, 3.63) is 30.1 Å². The fourth-order valence-corrected chi connectivity index (χ4v) is 3.08. The molecule has 0 atom stereocenters. The molecule has 1 saturated heterocycles. The van der Waals surface area contributed by atoms with E-state index in [1.54, 1.807) is 24.5 Å². The lowest BCUT2D eigenvalue weighted by Crippen LogP contribution is -2.58. The molecule has 1 N–H and O–H groups in total. The second-order valence-corrected chi connectivity index (χ2v) is 7.18. The minimum atomic E-state index is -0.0805. The second kappa shape index (κ2) is 9.06. The van der Waals surface area contributed by atoms with Gasteiger partial charge in [0.15, 0.2) is 5.78 Å². The number of rotatable bonds is 8. The maximum Gasteiger partial charge on any atom is 0.220 e. The molecule has 138 valence electrons. The summed E-state index contributed by atoms with van der Waals surface area (Å²) in [5, 5.41) is 2.99. The van der Waals surface area contributed by atoms with Gasteiger partial charge < -0.3 is 10.2 Å². The number of nitrogens with zero attached hydrogens (tertiary/aromatic N) is 3. The van der Waals surface area contributed by atoms with Crippen LogP contribution in [-0.4, -0.2) is 71.3 Å². The highest BCUT2D eigenvalue weighted by Gasteiger charge is 2.29. The zero-order chi connectivity index (χ0) is 18.3. The molecular formula is C19H30N4O2. The van der Waals surface area contributed by atoms with Crippen LogP contribution in [0.15, 0.2) is 24.5 Å². The van der Waals surface area contributed by atoms with Gasteiger partial charge in [-0.1, -0.05) is 6.92 Å². The van der Waals surface area contributed by atoms with Crippen molar-refractivity contribution in [1.82, 2.24) is 20.1 Å². The third-order valence-electron chi connectivity index (χ3n) is 4.96. The Balaban J connectivity index is 1.72. The number of nitrogens with one attached hydrogen (secondary N) is 1. The maximum absolute atomic E-state index is 12.1. The van der Waals surface area contributed by atoms with E-state index in [9.17, 15) is 9.59 Å². The number of hydrogen-bond acceptors (Lipinski definition) is 5. The van der Waals surface area contributed by atoms with E-state index in [0.29, 0.717) is 12.1 Å². The molecule has 2 rings (SSSR count). The van der Waals surface area contributed by atoms with Crippen molar-refractivity contribution in [2.75, 3.05) is 39.3 Å². The molecule has 0 saturated carbocycles. The number of hydrogen-bond donors (Lipinski definition) is 1. The molecule has 25 heavy (non-hydrogen) atoms. The summed E-state index contributed by atoms with van der Waals surface area (Å²) in [5.74, 6) is -0.115. The van der Waals surface area contributed by atoms with Crippen LogP contribution >= 0.6 is 0 Å². The van der Waals surface area contributed by atoms with E-state index in [4.69, 9.17) is 0 Å². The Hall–Kier alpha value is -1.79. The van der Waals surface area contributed by atoms with Gasteiger partial charge in [-0.3, -0.25) is 19.5 Å². The smallest absolute Gasteiger partial charge is 0.220 e. The van der Waals surface area contributed by atoms with Crippen LogP contribution in [0.25, 0.3) is 0 Å². The van der Waals surface area contributed by atoms with Crippen LogP contribution in [0.2, 0.25) is 0 Å². The first kappa shape index (κ1) is 19.5. The van der Waals surface area contributed by atoms with E-state index in [1.165, 1.54) is 0 Å². The van der Waals surface area contributed by atoms with Gasteiger partial charge in [-0.25, -0.2) is 0 Å². The highest BCUT2D eigenvalue weighted by Crippen LogP contribution is 2.16. The van der Waals surface area contributed by atoms with Gasteiger partial charge in [-0.15, -0.1) is 0 Å². The Morgan fingerprint density at radius 1 is 1.20 bits per heavy atom. The third kappa shape index (κ3) is 5.90. The van der Waals surface area contributed by atoms with Crippen molar-refractivity contribution >= 4 is 11.7 Å². The largest absolute Gasteiger partial charge is 0.354 e. The van der Waals surface area contributed by atoms with Crippen LogP contribution in [0.3, 0.4) is 0 Å². The summed E-state index contributed by atoms with van der Waals surface area (Å²) in [5.41, 5.74) is 0.479. The highest BCUT2D eigenvalue weighted by atomic mass is 16.2. The molecule has 1 aliphatic rings. The highest BCUT2D eigenvalue weighted by molar-refractivity contribution is 5.97. The number of likely N-dealkylation sites (N-methyl/N-ethyl adjacent to an activating group) is 1. The van der Waals surface area contributed by atoms with Gasteiger partial charge in [0.2, 0.25) is 5.91 Å². The van der Waals surface area contributed by atoms with Gasteiger partial charge in [0.05, 0.1) is 0 Å². The molecule has 1 aromatic heterocycles. The van der Waals surface area contributed by atoms with Crippen LogP contribution in [0.4, 0.5) is 0 Å². The SMILES string of the molecule is CCN1CCN(C(C)(C)CNC(=O)CCC(=O)c2cccnc2)CC1. The van der Waals surface area contributed by atoms with E-state index in [1.807, 2.05) is 0 Å². The molecule has 6 nitrogen and oxygen atoms in total. The molecule has 6 heteroatoms. The summed E-state index contributed by atoms with van der Waals surface area (Å²) >= 11 is 0. The van der Waals surface area contributed by atoms with E-state index in [2.05, 4.69) is 40.9 Å². The molecule has 0 aliphatic carbocycles. The molecule has 1 amide bonds. The first-order valence-electron chi connectivity index (χ1n) is 9.09. The number of pyridine rings is 1. The fraction of sp³-hybridized carbons (Fsp3) is 0.632. The number of carbonyl (C=O) groups excluding carboxylic acids is 2. The predicted molar refractivity (Wildman–Crippen MR) is 98.6 cm³/mol. The molecule has 1 aromatic rings. The first-order chi connectivity index (χ1) is 11.9. The van der Waals surface area contributed by atoms with Gasteiger partial charge >= 0.3 is 0 Å². The lowest BCUT2D eigenvalue weighted by Gasteiger charge is -2.44. The van der Waals surface area contributed by atoms with Crippen molar-refractivity contribution in [1.29, 1.82) is 0 Å². The molecule has 0 radical (unpaired) electrons. The predicted octanol–water partition coefficient (Wildman–Crippen LogP) is 1.58. The summed E-state index contributed by atoms with van der Waals surface area (Å²) < 4.78 is 0. The van der Waals surface area contributed by atoms with Gasteiger partial charge in [-0.05, 0) is 32.5 Å². The van der Waals surface area contributed by atoms with Crippen molar-refractivity contribution in [3.63, 3.8) is 0 Å². The van der Waals surface area contributed by atoms with E-state index in [0.717, 1.165) is 32.7 Å². The number of amides is 1. The average molecular weight is 346 g/mol. The normalized spacial score (nSPS) is 16.6. The number of piperazine rings is 1. The third-order valence-corrected chi connectivity index (χ3v) is 4.96. The molecule has 0 bridgehead atoms. The summed E-state index contributed by atoms with van der Waals surface area (Å²) in [6, 6.07) is 3.46. The Bertz CT molecular complexity index is 566. The van der Waals surface area contributed by atoms with Crippen LogP contribution in [0, 0.1) is 0 Å². The topological polar surface area (TPSA) is 65.5 Å². The lowest BCUT2D eigenvalue weighted by molar-refractivity contribution is -0.121. The van der Waals surface area contributed by atoms with Gasteiger partial charge in [0, 0.05) is 69.1 Å². The molecular weight excluding hydrogens is 316 g/mol. The van der Waals surface area contributed by atoms with Crippen molar-refractivity contribution in [2.45, 2.75) is 39.2 Å². The van der Waals surface area contributed by atoms with Gasteiger partial charge in [-0.2, -0.15) is 0 Å². The Labute approximate surface area is 150 Å². The van der Waals surface area contributed by atoms with Gasteiger partial charge in [0.25, 0.3) is 0 Å².